The van der Waals surface area contributed by atoms with Crippen molar-refractivity contribution in [3.8, 4) is 5.69 Å². The summed E-state index contributed by atoms with van der Waals surface area (Å²) in [7, 11) is 0. The highest BCUT2D eigenvalue weighted by Crippen LogP contribution is 2.30. The standard InChI is InChI=1S/C18H20FN3O3/c1-11-9-12(2)22(21-11)15-6-5-13(10-14(15)19)16(23)20-18(17(24)25)7-3-4-8-18/h5-6,9-10H,3-4,7-8H2,1-2H3,(H,20,23)(H,24,25). The molecule has 1 heterocycles. The number of carboxylic acids is 1. The number of aliphatic carboxylic acids is 1. The zero-order valence-corrected chi connectivity index (χ0v) is 14.2. The first-order valence-corrected chi connectivity index (χ1v) is 8.21. The third-order valence-electron chi connectivity index (χ3n) is 4.67. The Labute approximate surface area is 144 Å². The van der Waals surface area contributed by atoms with Crippen molar-refractivity contribution in [2.45, 2.75) is 45.1 Å². The molecule has 0 spiro atoms. The first-order chi connectivity index (χ1) is 11.8. The average Bonchev–Trinajstić information content (AvgIpc) is 3.14. The van der Waals surface area contributed by atoms with Crippen LogP contribution in [0.25, 0.3) is 5.69 Å². The summed E-state index contributed by atoms with van der Waals surface area (Å²) in [5.74, 6) is -2.21. The molecular weight excluding hydrogens is 325 g/mol. The van der Waals surface area contributed by atoms with E-state index in [1.807, 2.05) is 19.9 Å². The van der Waals surface area contributed by atoms with Crippen LogP contribution in [-0.2, 0) is 4.79 Å². The van der Waals surface area contributed by atoms with Gasteiger partial charge < -0.3 is 10.4 Å². The van der Waals surface area contributed by atoms with E-state index in [-0.39, 0.29) is 11.3 Å². The van der Waals surface area contributed by atoms with E-state index in [0.717, 1.165) is 30.3 Å². The average molecular weight is 345 g/mol. The van der Waals surface area contributed by atoms with Gasteiger partial charge in [0.05, 0.1) is 5.69 Å². The predicted octanol–water partition coefficient (Wildman–Crippen LogP) is 2.76. The minimum absolute atomic E-state index is 0.0929. The lowest BCUT2D eigenvalue weighted by atomic mass is 9.97. The van der Waals surface area contributed by atoms with Crippen molar-refractivity contribution < 1.29 is 19.1 Å². The highest BCUT2D eigenvalue weighted by molar-refractivity contribution is 5.98. The maximum Gasteiger partial charge on any atom is 0.329 e. The van der Waals surface area contributed by atoms with Gasteiger partial charge in [0.2, 0.25) is 0 Å². The van der Waals surface area contributed by atoms with Gasteiger partial charge in [-0.15, -0.1) is 0 Å². The molecule has 1 aliphatic rings. The number of amides is 1. The second-order valence-electron chi connectivity index (χ2n) is 6.55. The van der Waals surface area contributed by atoms with E-state index < -0.39 is 23.2 Å². The summed E-state index contributed by atoms with van der Waals surface area (Å²) < 4.78 is 16.0. The molecule has 6 nitrogen and oxygen atoms in total. The molecule has 132 valence electrons. The Balaban J connectivity index is 1.86. The monoisotopic (exact) mass is 345 g/mol. The number of carbonyl (C=O) groups is 2. The van der Waals surface area contributed by atoms with E-state index in [1.165, 1.54) is 16.8 Å². The van der Waals surface area contributed by atoms with Crippen LogP contribution in [0.4, 0.5) is 4.39 Å². The molecule has 1 saturated carbocycles. The number of nitrogens with zero attached hydrogens (tertiary/aromatic N) is 2. The van der Waals surface area contributed by atoms with Crippen molar-refractivity contribution in [3.63, 3.8) is 0 Å². The largest absolute Gasteiger partial charge is 0.480 e. The maximum atomic E-state index is 14.5. The molecule has 1 aromatic heterocycles. The van der Waals surface area contributed by atoms with E-state index in [0.29, 0.717) is 12.8 Å². The van der Waals surface area contributed by atoms with Crippen LogP contribution in [-0.4, -0.2) is 32.3 Å². The van der Waals surface area contributed by atoms with E-state index in [9.17, 15) is 19.1 Å². The molecule has 7 heteroatoms. The number of hydrogen-bond acceptors (Lipinski definition) is 3. The number of nitrogens with one attached hydrogen (secondary N) is 1. The Hall–Kier alpha value is -2.70. The van der Waals surface area contributed by atoms with Gasteiger partial charge in [-0.25, -0.2) is 13.9 Å². The van der Waals surface area contributed by atoms with E-state index in [2.05, 4.69) is 10.4 Å². The van der Waals surface area contributed by atoms with E-state index >= 15 is 0 Å². The normalized spacial score (nSPS) is 16.0. The van der Waals surface area contributed by atoms with Gasteiger partial charge in [0.15, 0.2) is 0 Å². The van der Waals surface area contributed by atoms with Crippen molar-refractivity contribution in [2.24, 2.45) is 0 Å². The number of carbonyl (C=O) groups excluding carboxylic acids is 1. The number of hydrogen-bond donors (Lipinski definition) is 2. The Morgan fingerprint density at radius 3 is 2.44 bits per heavy atom. The molecule has 2 aromatic rings. The number of benzene rings is 1. The lowest BCUT2D eigenvalue weighted by Crippen LogP contribution is -2.52. The fraction of sp³-hybridized carbons (Fsp3) is 0.389. The van der Waals surface area contributed by atoms with Gasteiger partial charge in [0, 0.05) is 11.3 Å². The van der Waals surface area contributed by atoms with Gasteiger partial charge in [-0.05, 0) is 51.0 Å². The summed E-state index contributed by atoms with van der Waals surface area (Å²) in [5.41, 5.74) is 0.640. The Morgan fingerprint density at radius 1 is 1.24 bits per heavy atom. The molecule has 3 rings (SSSR count). The molecule has 1 aromatic carbocycles. The molecule has 0 unspecified atom stereocenters. The molecule has 1 amide bonds. The van der Waals surface area contributed by atoms with Gasteiger partial charge in [-0.2, -0.15) is 5.10 Å². The molecule has 0 atom stereocenters. The molecular formula is C18H20FN3O3. The SMILES string of the molecule is Cc1cc(C)n(-c2ccc(C(=O)NC3(C(=O)O)CCCC3)cc2F)n1. The first kappa shape index (κ1) is 17.1. The molecule has 0 saturated heterocycles. The van der Waals surface area contributed by atoms with Crippen LogP contribution in [0, 0.1) is 19.7 Å². The van der Waals surface area contributed by atoms with Crippen molar-refractivity contribution in [1.29, 1.82) is 0 Å². The Morgan fingerprint density at radius 2 is 1.92 bits per heavy atom. The first-order valence-electron chi connectivity index (χ1n) is 8.21. The van der Waals surface area contributed by atoms with Crippen molar-refractivity contribution in [3.05, 3.63) is 47.0 Å². The van der Waals surface area contributed by atoms with Crippen molar-refractivity contribution in [2.75, 3.05) is 0 Å². The number of aryl methyl sites for hydroxylation is 2. The number of halogens is 1. The van der Waals surface area contributed by atoms with Gasteiger partial charge in [-0.3, -0.25) is 4.79 Å². The third kappa shape index (κ3) is 3.14. The Kier molecular flexibility index (Phi) is 4.32. The minimum atomic E-state index is -1.25. The smallest absolute Gasteiger partial charge is 0.329 e. The molecule has 2 N–H and O–H groups in total. The summed E-state index contributed by atoms with van der Waals surface area (Å²) in [6, 6.07) is 5.91. The zero-order chi connectivity index (χ0) is 18.2. The van der Waals surface area contributed by atoms with Crippen LogP contribution in [0.1, 0.15) is 47.4 Å². The number of rotatable bonds is 4. The number of carboxylic acid groups (broad SMARTS) is 1. The number of aromatic nitrogens is 2. The summed E-state index contributed by atoms with van der Waals surface area (Å²) in [6.45, 7) is 3.63. The highest BCUT2D eigenvalue weighted by Gasteiger charge is 2.42. The molecule has 1 aliphatic carbocycles. The van der Waals surface area contributed by atoms with Crippen molar-refractivity contribution >= 4 is 11.9 Å². The fourth-order valence-electron chi connectivity index (χ4n) is 3.35. The summed E-state index contributed by atoms with van der Waals surface area (Å²) in [4.78, 5) is 24.0. The van der Waals surface area contributed by atoms with Crippen LogP contribution >= 0.6 is 0 Å². The van der Waals surface area contributed by atoms with E-state index in [1.54, 1.807) is 0 Å². The fourth-order valence-corrected chi connectivity index (χ4v) is 3.35. The van der Waals surface area contributed by atoms with Crippen LogP contribution < -0.4 is 5.32 Å². The third-order valence-corrected chi connectivity index (χ3v) is 4.67. The van der Waals surface area contributed by atoms with Crippen LogP contribution in [0.5, 0.6) is 0 Å². The second kappa shape index (κ2) is 6.31. The molecule has 1 fully saturated rings. The van der Waals surface area contributed by atoms with Crippen molar-refractivity contribution in [1.82, 2.24) is 15.1 Å². The topological polar surface area (TPSA) is 84.2 Å². The van der Waals surface area contributed by atoms with Crippen LogP contribution in [0.15, 0.2) is 24.3 Å². The van der Waals surface area contributed by atoms with Gasteiger partial charge in [0.25, 0.3) is 5.91 Å². The van der Waals surface area contributed by atoms with Gasteiger partial charge >= 0.3 is 5.97 Å². The summed E-state index contributed by atoms with van der Waals surface area (Å²) >= 11 is 0. The van der Waals surface area contributed by atoms with Gasteiger partial charge in [0.1, 0.15) is 17.0 Å². The molecule has 25 heavy (non-hydrogen) atoms. The second-order valence-corrected chi connectivity index (χ2v) is 6.55. The summed E-state index contributed by atoms with van der Waals surface area (Å²) in [5, 5.41) is 16.3. The lowest BCUT2D eigenvalue weighted by molar-refractivity contribution is -0.144. The Bertz CT molecular complexity index is 838. The van der Waals surface area contributed by atoms with Gasteiger partial charge in [-0.1, -0.05) is 12.8 Å². The lowest BCUT2D eigenvalue weighted by Gasteiger charge is -2.25. The quantitative estimate of drug-likeness (QED) is 0.892. The van der Waals surface area contributed by atoms with E-state index in [4.69, 9.17) is 0 Å². The zero-order valence-electron chi connectivity index (χ0n) is 14.2. The van der Waals surface area contributed by atoms with Crippen LogP contribution in [0.2, 0.25) is 0 Å². The minimum Gasteiger partial charge on any atom is -0.480 e. The maximum absolute atomic E-state index is 14.5. The molecule has 0 aliphatic heterocycles. The molecule has 0 radical (unpaired) electrons. The predicted molar refractivity (Wildman–Crippen MR) is 89.3 cm³/mol. The van der Waals surface area contributed by atoms with Crippen LogP contribution in [0.3, 0.4) is 0 Å². The molecule has 0 bridgehead atoms. The highest BCUT2D eigenvalue weighted by atomic mass is 19.1. The summed E-state index contributed by atoms with van der Waals surface area (Å²) in [6.07, 6.45) is 2.27.